The first-order valence-electron chi connectivity index (χ1n) is 7.76. The Morgan fingerprint density at radius 1 is 1.30 bits per heavy atom. The number of ether oxygens (including phenoxy) is 1. The largest absolute Gasteiger partial charge is 0.468 e. The highest BCUT2D eigenvalue weighted by molar-refractivity contribution is 5.80. The van der Waals surface area contributed by atoms with Gasteiger partial charge in [-0.3, -0.25) is 4.79 Å². The molecule has 0 aromatic rings. The van der Waals surface area contributed by atoms with E-state index < -0.39 is 5.54 Å². The monoisotopic (exact) mass is 285 g/mol. The van der Waals surface area contributed by atoms with E-state index in [2.05, 4.69) is 29.1 Å². The Bertz CT molecular complexity index is 299. The quantitative estimate of drug-likeness (QED) is 0.706. The second kappa shape index (κ2) is 8.60. The molecule has 1 rings (SSSR count). The fourth-order valence-corrected chi connectivity index (χ4v) is 2.59. The first-order chi connectivity index (χ1) is 9.51. The molecule has 1 fully saturated rings. The van der Waals surface area contributed by atoms with Gasteiger partial charge in [-0.05, 0) is 52.9 Å². The average Bonchev–Trinajstić information content (AvgIpc) is 2.66. The molecule has 0 spiro atoms. The van der Waals surface area contributed by atoms with Gasteiger partial charge in [-0.1, -0.05) is 6.92 Å². The number of hydrogen-bond acceptors (Lipinski definition) is 5. The van der Waals surface area contributed by atoms with Crippen LogP contribution in [0.4, 0.5) is 0 Å². The van der Waals surface area contributed by atoms with Crippen LogP contribution in [0, 0.1) is 0 Å². The smallest absolute Gasteiger partial charge is 0.325 e. The molecule has 0 aromatic carbocycles. The number of hydrogen-bond donors (Lipinski definition) is 1. The molecule has 1 atom stereocenters. The lowest BCUT2D eigenvalue weighted by molar-refractivity contribution is -0.148. The molecule has 1 saturated heterocycles. The molecule has 1 unspecified atom stereocenters. The van der Waals surface area contributed by atoms with Crippen LogP contribution in [0.5, 0.6) is 0 Å². The maximum absolute atomic E-state index is 12.0. The Morgan fingerprint density at radius 3 is 2.70 bits per heavy atom. The summed E-state index contributed by atoms with van der Waals surface area (Å²) in [5.41, 5.74) is -0.567. The Hall–Kier alpha value is -0.650. The van der Waals surface area contributed by atoms with Gasteiger partial charge in [0.05, 0.1) is 7.11 Å². The van der Waals surface area contributed by atoms with Crippen LogP contribution >= 0.6 is 0 Å². The van der Waals surface area contributed by atoms with Crippen molar-refractivity contribution in [2.45, 2.75) is 38.6 Å². The first-order valence-corrected chi connectivity index (χ1v) is 7.76. The molecule has 0 aromatic heterocycles. The van der Waals surface area contributed by atoms with Gasteiger partial charge in [-0.2, -0.15) is 0 Å². The molecule has 5 nitrogen and oxygen atoms in total. The second-order valence-electron chi connectivity index (χ2n) is 6.00. The summed E-state index contributed by atoms with van der Waals surface area (Å²) in [7, 11) is 3.64. The highest BCUT2D eigenvalue weighted by Crippen LogP contribution is 2.14. The molecule has 118 valence electrons. The summed E-state index contributed by atoms with van der Waals surface area (Å²) in [5.74, 6) is -0.155. The van der Waals surface area contributed by atoms with Gasteiger partial charge in [0.1, 0.15) is 5.54 Å². The minimum atomic E-state index is -0.567. The van der Waals surface area contributed by atoms with Crippen molar-refractivity contribution in [2.24, 2.45) is 0 Å². The zero-order valence-electron chi connectivity index (χ0n) is 13.6. The van der Waals surface area contributed by atoms with Crippen molar-refractivity contribution in [1.82, 2.24) is 15.1 Å². The summed E-state index contributed by atoms with van der Waals surface area (Å²) in [4.78, 5) is 16.8. The van der Waals surface area contributed by atoms with Gasteiger partial charge in [0, 0.05) is 19.6 Å². The lowest BCUT2D eigenvalue weighted by Gasteiger charge is -2.31. The number of nitrogens with zero attached hydrogens (tertiary/aromatic N) is 2. The normalized spacial score (nSPS) is 21.2. The predicted octanol–water partition coefficient (Wildman–Crippen LogP) is 0.945. The minimum absolute atomic E-state index is 0.155. The van der Waals surface area contributed by atoms with Gasteiger partial charge >= 0.3 is 5.97 Å². The summed E-state index contributed by atoms with van der Waals surface area (Å²) in [6, 6.07) is 0. The van der Waals surface area contributed by atoms with E-state index in [9.17, 15) is 4.79 Å². The van der Waals surface area contributed by atoms with Gasteiger partial charge in [0.2, 0.25) is 0 Å². The molecule has 0 amide bonds. The fraction of sp³-hybridized carbons (Fsp3) is 0.933. The van der Waals surface area contributed by atoms with Crippen molar-refractivity contribution in [1.29, 1.82) is 0 Å². The summed E-state index contributed by atoms with van der Waals surface area (Å²) >= 11 is 0. The van der Waals surface area contributed by atoms with E-state index in [1.807, 2.05) is 6.92 Å². The van der Waals surface area contributed by atoms with Gasteiger partial charge in [-0.25, -0.2) is 0 Å². The highest BCUT2D eigenvalue weighted by Gasteiger charge is 2.33. The van der Waals surface area contributed by atoms with E-state index in [4.69, 9.17) is 4.74 Å². The number of carbonyl (C=O) groups excluding carboxylic acids is 1. The Morgan fingerprint density at radius 2 is 2.05 bits per heavy atom. The summed E-state index contributed by atoms with van der Waals surface area (Å²) in [6.45, 7) is 10.3. The molecule has 1 aliphatic heterocycles. The third-order valence-electron chi connectivity index (χ3n) is 4.14. The zero-order chi connectivity index (χ0) is 15.0. The molecule has 20 heavy (non-hydrogen) atoms. The molecule has 1 heterocycles. The van der Waals surface area contributed by atoms with Crippen molar-refractivity contribution in [3.8, 4) is 0 Å². The Labute approximate surface area is 123 Å². The van der Waals surface area contributed by atoms with Gasteiger partial charge in [-0.15, -0.1) is 0 Å². The van der Waals surface area contributed by atoms with E-state index in [0.717, 1.165) is 45.6 Å². The molecular weight excluding hydrogens is 254 g/mol. The number of rotatable bonds is 7. The second-order valence-corrected chi connectivity index (χ2v) is 6.00. The maximum atomic E-state index is 12.0. The van der Waals surface area contributed by atoms with Crippen LogP contribution in [0.15, 0.2) is 0 Å². The van der Waals surface area contributed by atoms with Crippen molar-refractivity contribution < 1.29 is 9.53 Å². The zero-order valence-corrected chi connectivity index (χ0v) is 13.6. The summed E-state index contributed by atoms with van der Waals surface area (Å²) in [5, 5.41) is 3.35. The van der Waals surface area contributed by atoms with Crippen LogP contribution in [0.25, 0.3) is 0 Å². The fourth-order valence-electron chi connectivity index (χ4n) is 2.59. The van der Waals surface area contributed by atoms with E-state index in [1.165, 1.54) is 20.1 Å². The van der Waals surface area contributed by atoms with E-state index in [-0.39, 0.29) is 5.97 Å². The van der Waals surface area contributed by atoms with E-state index in [1.54, 1.807) is 0 Å². The molecule has 0 radical (unpaired) electrons. The number of likely N-dealkylation sites (N-methyl/N-ethyl adjacent to an activating group) is 1. The minimum Gasteiger partial charge on any atom is -0.468 e. The van der Waals surface area contributed by atoms with Crippen LogP contribution in [0.2, 0.25) is 0 Å². The molecule has 1 N–H and O–H groups in total. The van der Waals surface area contributed by atoms with Crippen LogP contribution in [-0.2, 0) is 9.53 Å². The summed E-state index contributed by atoms with van der Waals surface area (Å²) < 4.78 is 4.97. The lowest BCUT2D eigenvalue weighted by Crippen LogP contribution is -2.52. The van der Waals surface area contributed by atoms with Crippen molar-refractivity contribution >= 4 is 5.97 Å². The lowest BCUT2D eigenvalue weighted by atomic mass is 9.97. The topological polar surface area (TPSA) is 44.8 Å². The molecular formula is C15H31N3O2. The standard InChI is InChI=1S/C15H31N3O2/c1-5-8-16-15(2,14(19)20-4)7-11-18-10-6-9-17(3)12-13-18/h16H,5-13H2,1-4H3. The molecule has 0 saturated carbocycles. The van der Waals surface area contributed by atoms with E-state index >= 15 is 0 Å². The maximum Gasteiger partial charge on any atom is 0.325 e. The SMILES string of the molecule is CCCNC(C)(CCN1CCCN(C)CC1)C(=O)OC. The molecule has 0 bridgehead atoms. The van der Waals surface area contributed by atoms with Crippen LogP contribution in [0.3, 0.4) is 0 Å². The van der Waals surface area contributed by atoms with Crippen molar-refractivity contribution in [2.75, 3.05) is 53.4 Å². The number of nitrogens with one attached hydrogen (secondary N) is 1. The molecule has 5 heteroatoms. The number of carbonyl (C=O) groups is 1. The van der Waals surface area contributed by atoms with E-state index in [0.29, 0.717) is 0 Å². The van der Waals surface area contributed by atoms with Crippen LogP contribution < -0.4 is 5.32 Å². The molecule has 0 aliphatic carbocycles. The average molecular weight is 285 g/mol. The van der Waals surface area contributed by atoms with Crippen molar-refractivity contribution in [3.05, 3.63) is 0 Å². The molecule has 1 aliphatic rings. The number of methoxy groups -OCH3 is 1. The highest BCUT2D eigenvalue weighted by atomic mass is 16.5. The van der Waals surface area contributed by atoms with Crippen LogP contribution in [0.1, 0.15) is 33.1 Å². The van der Waals surface area contributed by atoms with Crippen molar-refractivity contribution in [3.63, 3.8) is 0 Å². The van der Waals surface area contributed by atoms with Crippen LogP contribution in [-0.4, -0.2) is 74.7 Å². The summed E-state index contributed by atoms with van der Waals surface area (Å²) in [6.07, 6.45) is 3.01. The predicted molar refractivity (Wildman–Crippen MR) is 81.9 cm³/mol. The van der Waals surface area contributed by atoms with Gasteiger partial charge < -0.3 is 19.9 Å². The van der Waals surface area contributed by atoms with Gasteiger partial charge in [0.25, 0.3) is 0 Å². The Kier molecular flexibility index (Phi) is 7.48. The first kappa shape index (κ1) is 17.4. The third kappa shape index (κ3) is 5.38. The third-order valence-corrected chi connectivity index (χ3v) is 4.14. The van der Waals surface area contributed by atoms with Gasteiger partial charge in [0.15, 0.2) is 0 Å². The Balaban J connectivity index is 2.50. The number of esters is 1.